The first-order valence-corrected chi connectivity index (χ1v) is 19.0. The third-order valence-electron chi connectivity index (χ3n) is 12.9. The smallest absolute Gasteiger partial charge is 0.0152 e. The van der Waals surface area contributed by atoms with Crippen LogP contribution in [0.3, 0.4) is 0 Å². The minimum Gasteiger partial charge on any atom is -0.0839 e. The van der Waals surface area contributed by atoms with Gasteiger partial charge in [-0.3, -0.25) is 0 Å². The van der Waals surface area contributed by atoms with Crippen LogP contribution in [0.25, 0.3) is 60.5 Å². The molecule has 10 rings (SSSR count). The van der Waals surface area contributed by atoms with Crippen molar-refractivity contribution < 1.29 is 0 Å². The predicted octanol–water partition coefficient (Wildman–Crippen LogP) is 14.4. The Morgan fingerprint density at radius 3 is 1.96 bits per heavy atom. The number of hydrogen-bond donors (Lipinski definition) is 0. The molecule has 0 bridgehead atoms. The Hall–Kier alpha value is -5.20. The zero-order chi connectivity index (χ0) is 34.4. The van der Waals surface area contributed by atoms with Gasteiger partial charge in [0, 0.05) is 5.41 Å². The third kappa shape index (κ3) is 4.65. The second-order valence-electron chi connectivity index (χ2n) is 16.0. The highest BCUT2D eigenvalue weighted by molar-refractivity contribution is 6.13. The Morgan fingerprint density at radius 2 is 1.16 bits per heavy atom. The summed E-state index contributed by atoms with van der Waals surface area (Å²) in [5, 5.41) is 5.21. The largest absolute Gasteiger partial charge is 0.0839 e. The summed E-state index contributed by atoms with van der Waals surface area (Å²) in [6, 6.07) is 43.7. The van der Waals surface area contributed by atoms with E-state index < -0.39 is 0 Å². The minimum atomic E-state index is 0.0999. The zero-order valence-corrected chi connectivity index (χ0v) is 30.2. The fourth-order valence-corrected chi connectivity index (χ4v) is 9.98. The van der Waals surface area contributed by atoms with Crippen LogP contribution < -0.4 is 0 Å². The molecule has 0 saturated carbocycles. The second kappa shape index (κ2) is 11.4. The van der Waals surface area contributed by atoms with Crippen LogP contribution in [0, 0.1) is 5.41 Å². The molecule has 0 saturated heterocycles. The average molecular weight is 657 g/mol. The maximum atomic E-state index is 2.57. The molecule has 4 aliphatic carbocycles. The lowest BCUT2D eigenvalue weighted by Crippen LogP contribution is -2.15. The van der Waals surface area contributed by atoms with Gasteiger partial charge in [-0.25, -0.2) is 0 Å². The van der Waals surface area contributed by atoms with Gasteiger partial charge in [-0.15, -0.1) is 0 Å². The molecule has 0 N–H and O–H groups in total. The van der Waals surface area contributed by atoms with Gasteiger partial charge in [-0.05, 0) is 149 Å². The van der Waals surface area contributed by atoms with Crippen molar-refractivity contribution in [2.45, 2.75) is 65.2 Å². The van der Waals surface area contributed by atoms with E-state index in [2.05, 4.69) is 161 Å². The first-order valence-electron chi connectivity index (χ1n) is 19.0. The van der Waals surface area contributed by atoms with Crippen LogP contribution in [0.1, 0.15) is 81.9 Å². The van der Waals surface area contributed by atoms with E-state index in [1.54, 1.807) is 22.3 Å². The molecule has 2 unspecified atom stereocenters. The van der Waals surface area contributed by atoms with E-state index in [-0.39, 0.29) is 5.41 Å². The number of rotatable bonds is 3. The molecule has 0 amide bonds. The van der Waals surface area contributed by atoms with E-state index in [9.17, 15) is 0 Å². The highest BCUT2D eigenvalue weighted by Gasteiger charge is 2.39. The first-order chi connectivity index (χ1) is 24.9. The van der Waals surface area contributed by atoms with Gasteiger partial charge in [0.15, 0.2) is 0 Å². The molecule has 0 radical (unpaired) electrons. The molecule has 248 valence electrons. The van der Waals surface area contributed by atoms with Crippen molar-refractivity contribution in [2.24, 2.45) is 5.41 Å². The van der Waals surface area contributed by atoms with E-state index in [1.165, 1.54) is 96.5 Å². The summed E-state index contributed by atoms with van der Waals surface area (Å²) < 4.78 is 0. The number of benzene rings is 6. The maximum Gasteiger partial charge on any atom is 0.0152 e. The van der Waals surface area contributed by atoms with Crippen molar-refractivity contribution in [3.63, 3.8) is 0 Å². The van der Waals surface area contributed by atoms with Crippen LogP contribution in [0.4, 0.5) is 0 Å². The summed E-state index contributed by atoms with van der Waals surface area (Å²) in [6.07, 6.45) is 12.1. The van der Waals surface area contributed by atoms with Crippen molar-refractivity contribution in [1.82, 2.24) is 0 Å². The molecule has 0 nitrogen and oxygen atoms in total. The fourth-order valence-electron chi connectivity index (χ4n) is 9.98. The number of allylic oxidation sites excluding steroid dienone is 8. The molecule has 6 aromatic carbocycles. The monoisotopic (exact) mass is 656 g/mol. The Kier molecular flexibility index (Phi) is 6.85. The van der Waals surface area contributed by atoms with Crippen LogP contribution in [0.5, 0.6) is 0 Å². The van der Waals surface area contributed by atoms with E-state index in [4.69, 9.17) is 0 Å². The summed E-state index contributed by atoms with van der Waals surface area (Å²) in [6.45, 7) is 9.74. The topological polar surface area (TPSA) is 0 Å². The van der Waals surface area contributed by atoms with Crippen molar-refractivity contribution >= 4 is 27.1 Å². The Morgan fingerprint density at radius 1 is 0.510 bits per heavy atom. The van der Waals surface area contributed by atoms with E-state index >= 15 is 0 Å². The second-order valence-corrected chi connectivity index (χ2v) is 16.0. The first kappa shape index (κ1) is 30.6. The number of fused-ring (bicyclic) bond motifs is 7. The van der Waals surface area contributed by atoms with Crippen LogP contribution in [-0.4, -0.2) is 0 Å². The van der Waals surface area contributed by atoms with Gasteiger partial charge in [0.1, 0.15) is 0 Å². The summed E-state index contributed by atoms with van der Waals surface area (Å²) in [7, 11) is 0. The van der Waals surface area contributed by atoms with Gasteiger partial charge in [0.2, 0.25) is 0 Å². The van der Waals surface area contributed by atoms with Gasteiger partial charge >= 0.3 is 0 Å². The lowest BCUT2D eigenvalue weighted by Gasteiger charge is -2.33. The normalized spacial score (nSPS) is 20.3. The molecule has 4 aliphatic rings. The van der Waals surface area contributed by atoms with E-state index in [1.807, 2.05) is 0 Å². The minimum absolute atomic E-state index is 0.0999. The Labute approximate surface area is 302 Å². The molecule has 6 aromatic rings. The van der Waals surface area contributed by atoms with Gasteiger partial charge < -0.3 is 0 Å². The summed E-state index contributed by atoms with van der Waals surface area (Å²) in [5.41, 5.74) is 20.3. The maximum absolute atomic E-state index is 2.57. The van der Waals surface area contributed by atoms with Crippen LogP contribution in [0.15, 0.2) is 156 Å². The van der Waals surface area contributed by atoms with Crippen molar-refractivity contribution in [2.75, 3.05) is 0 Å². The summed E-state index contributed by atoms with van der Waals surface area (Å²) >= 11 is 0. The van der Waals surface area contributed by atoms with Crippen molar-refractivity contribution in [1.29, 1.82) is 0 Å². The lowest BCUT2D eigenvalue weighted by atomic mass is 9.71. The highest BCUT2D eigenvalue weighted by atomic mass is 14.4. The molecule has 0 fully saturated rings. The quantitative estimate of drug-likeness (QED) is 0.166. The Bertz CT molecular complexity index is 2580. The van der Waals surface area contributed by atoms with Gasteiger partial charge in [-0.1, -0.05) is 149 Å². The highest BCUT2D eigenvalue weighted by Crippen LogP contribution is 2.55. The molecule has 0 spiro atoms. The summed E-state index contributed by atoms with van der Waals surface area (Å²) in [4.78, 5) is 0. The standard InChI is InChI=1S/C51H44/c1-31-32(2)47-28-35(36-22-25-45-44-18-9-10-19-49(44)51(3,4)50(45)30-36)21-24-43(47)42-23-20-34(27-46(31)42)33-13-11-14-37(26-33)48-29-38-12-5-6-15-39(38)40-16-7-8-17-41(40)48/h5-8,10-17,19-21,23-24,26-32H,9,18,22,25H2,1-4H3. The van der Waals surface area contributed by atoms with Gasteiger partial charge in [0.25, 0.3) is 0 Å². The van der Waals surface area contributed by atoms with Crippen LogP contribution >= 0.6 is 0 Å². The molecule has 51 heavy (non-hydrogen) atoms. The van der Waals surface area contributed by atoms with E-state index in [0.29, 0.717) is 11.8 Å². The van der Waals surface area contributed by atoms with E-state index in [0.717, 1.165) is 6.42 Å². The van der Waals surface area contributed by atoms with Crippen LogP contribution in [-0.2, 0) is 0 Å². The fraction of sp³-hybridized carbons (Fsp3) is 0.216. The molecule has 0 heteroatoms. The van der Waals surface area contributed by atoms with Crippen molar-refractivity contribution in [3.05, 3.63) is 172 Å². The SMILES string of the molecule is CC1c2cc(C3=CC4=C(CC3)C3=C(C=CCC3)C4(C)C)ccc2-c2ccc(-c3cccc(-c4cc5ccccc5c5ccccc45)c3)cc2C1C. The zero-order valence-electron chi connectivity index (χ0n) is 30.2. The lowest BCUT2D eigenvalue weighted by molar-refractivity contribution is 0.569. The molecule has 2 atom stereocenters. The van der Waals surface area contributed by atoms with Gasteiger partial charge in [-0.2, -0.15) is 0 Å². The molecular formula is C51H44. The average Bonchev–Trinajstić information content (AvgIpc) is 3.41. The van der Waals surface area contributed by atoms with Gasteiger partial charge in [0.05, 0.1) is 0 Å². The molecule has 0 aliphatic heterocycles. The van der Waals surface area contributed by atoms with Crippen molar-refractivity contribution in [3.8, 4) is 33.4 Å². The Balaban J connectivity index is 1.01. The molecule has 0 heterocycles. The summed E-state index contributed by atoms with van der Waals surface area (Å²) in [5.74, 6) is 0.875. The molecule has 0 aromatic heterocycles. The molecular weight excluding hydrogens is 613 g/mol. The number of hydrogen-bond acceptors (Lipinski definition) is 0. The third-order valence-corrected chi connectivity index (χ3v) is 12.9. The predicted molar refractivity (Wildman–Crippen MR) is 218 cm³/mol. The van der Waals surface area contributed by atoms with Crippen LogP contribution in [0.2, 0.25) is 0 Å².